The maximum atomic E-state index is 3.73. The topological polar surface area (TPSA) is 15.3 Å². The zero-order valence-corrected chi connectivity index (χ0v) is 13.6. The third-order valence-electron chi connectivity index (χ3n) is 4.30. The predicted molar refractivity (Wildman–Crippen MR) is 84.5 cm³/mol. The summed E-state index contributed by atoms with van der Waals surface area (Å²) in [5, 5.41) is 4.52. The molecule has 1 fully saturated rings. The van der Waals surface area contributed by atoms with Crippen LogP contribution in [0.25, 0.3) is 0 Å². The van der Waals surface area contributed by atoms with Crippen LogP contribution in [0.5, 0.6) is 0 Å². The summed E-state index contributed by atoms with van der Waals surface area (Å²) in [5.74, 6) is 0.891. The Labute approximate surface area is 118 Å². The molecule has 1 aliphatic rings. The van der Waals surface area contributed by atoms with Crippen LogP contribution >= 0.6 is 11.8 Å². The van der Waals surface area contributed by atoms with Gasteiger partial charge in [-0.2, -0.15) is 11.8 Å². The molecule has 0 aromatic heterocycles. The van der Waals surface area contributed by atoms with Crippen LogP contribution in [0.3, 0.4) is 0 Å². The van der Waals surface area contributed by atoms with Crippen molar-refractivity contribution in [3.05, 3.63) is 0 Å². The van der Waals surface area contributed by atoms with E-state index in [1.165, 1.54) is 51.9 Å². The number of nitrogens with zero attached hydrogens (tertiary/aromatic N) is 1. The van der Waals surface area contributed by atoms with E-state index >= 15 is 0 Å². The molecule has 2 nitrogen and oxygen atoms in total. The summed E-state index contributed by atoms with van der Waals surface area (Å²) in [6.45, 7) is 12.1. The zero-order chi connectivity index (χ0) is 13.4. The summed E-state index contributed by atoms with van der Waals surface area (Å²) < 4.78 is 0. The van der Waals surface area contributed by atoms with Crippen molar-refractivity contribution in [1.82, 2.24) is 10.2 Å². The molecule has 0 saturated carbocycles. The summed E-state index contributed by atoms with van der Waals surface area (Å²) in [6.07, 6.45) is 7.56. The molecular weight excluding hydrogens is 240 g/mol. The van der Waals surface area contributed by atoms with Crippen LogP contribution in [-0.2, 0) is 0 Å². The van der Waals surface area contributed by atoms with E-state index in [2.05, 4.69) is 37.2 Å². The Balaban J connectivity index is 2.13. The number of piperidine rings is 1. The second kappa shape index (κ2) is 9.22. The molecule has 1 rings (SSSR count). The van der Waals surface area contributed by atoms with Crippen molar-refractivity contribution < 1.29 is 0 Å². The smallest absolute Gasteiger partial charge is 0.00679 e. The van der Waals surface area contributed by atoms with E-state index in [9.17, 15) is 0 Å². The van der Waals surface area contributed by atoms with E-state index in [-0.39, 0.29) is 0 Å². The minimum atomic E-state index is 0.697. The molecule has 1 saturated heterocycles. The fourth-order valence-electron chi connectivity index (χ4n) is 2.79. The number of likely N-dealkylation sites (tertiary alicyclic amines) is 1. The highest BCUT2D eigenvalue weighted by molar-refractivity contribution is 7.99. The highest BCUT2D eigenvalue weighted by atomic mass is 32.2. The van der Waals surface area contributed by atoms with E-state index in [0.717, 1.165) is 11.2 Å². The molecule has 0 bridgehead atoms. The second-order valence-electron chi connectivity index (χ2n) is 5.76. The number of thioether (sulfide) groups is 1. The third-order valence-corrected chi connectivity index (χ3v) is 5.34. The Kier molecular flexibility index (Phi) is 8.36. The van der Waals surface area contributed by atoms with Crippen molar-refractivity contribution in [2.75, 3.05) is 32.4 Å². The van der Waals surface area contributed by atoms with Crippen LogP contribution in [0.1, 0.15) is 46.5 Å². The first-order valence-electron chi connectivity index (χ1n) is 7.65. The first kappa shape index (κ1) is 16.3. The molecule has 108 valence electrons. The largest absolute Gasteiger partial charge is 0.314 e. The van der Waals surface area contributed by atoms with E-state index in [1.807, 2.05) is 11.8 Å². The van der Waals surface area contributed by atoms with Gasteiger partial charge in [-0.05, 0) is 71.0 Å². The third kappa shape index (κ3) is 5.94. The quantitative estimate of drug-likeness (QED) is 0.730. The maximum absolute atomic E-state index is 3.73. The maximum Gasteiger partial charge on any atom is 0.00679 e. The molecule has 0 aromatic carbocycles. The first-order valence-corrected chi connectivity index (χ1v) is 8.94. The molecule has 0 radical (unpaired) electrons. The van der Waals surface area contributed by atoms with Gasteiger partial charge in [0.05, 0.1) is 0 Å². The predicted octanol–water partition coefficient (Wildman–Crippen LogP) is 3.23. The summed E-state index contributed by atoms with van der Waals surface area (Å²) in [7, 11) is 0. The van der Waals surface area contributed by atoms with Gasteiger partial charge in [-0.25, -0.2) is 0 Å². The van der Waals surface area contributed by atoms with Crippen molar-refractivity contribution in [2.45, 2.75) is 57.7 Å². The van der Waals surface area contributed by atoms with Gasteiger partial charge in [0.1, 0.15) is 0 Å². The standard InChI is InChI=1S/C15H32N2S/c1-5-10-17-11-7-15(8-12-17)14(3)16-9-6-13(2)18-4/h13-16H,5-12H2,1-4H3. The number of hydrogen-bond acceptors (Lipinski definition) is 3. The first-order chi connectivity index (χ1) is 8.67. The Hall–Kier alpha value is 0.270. The number of hydrogen-bond donors (Lipinski definition) is 1. The summed E-state index contributed by atoms with van der Waals surface area (Å²) in [6, 6.07) is 0.697. The Morgan fingerprint density at radius 3 is 2.50 bits per heavy atom. The van der Waals surface area contributed by atoms with Crippen molar-refractivity contribution in [3.8, 4) is 0 Å². The second-order valence-corrected chi connectivity index (χ2v) is 7.03. The van der Waals surface area contributed by atoms with Crippen LogP contribution in [0, 0.1) is 5.92 Å². The lowest BCUT2D eigenvalue weighted by Gasteiger charge is -2.35. The molecule has 0 aromatic rings. The Bertz CT molecular complexity index is 203. The minimum Gasteiger partial charge on any atom is -0.314 e. The highest BCUT2D eigenvalue weighted by Crippen LogP contribution is 2.20. The van der Waals surface area contributed by atoms with Crippen LogP contribution < -0.4 is 5.32 Å². The Morgan fingerprint density at radius 1 is 1.28 bits per heavy atom. The van der Waals surface area contributed by atoms with Crippen molar-refractivity contribution in [3.63, 3.8) is 0 Å². The van der Waals surface area contributed by atoms with Gasteiger partial charge in [0.25, 0.3) is 0 Å². The van der Waals surface area contributed by atoms with Crippen LogP contribution in [0.2, 0.25) is 0 Å². The van der Waals surface area contributed by atoms with E-state index in [4.69, 9.17) is 0 Å². The Morgan fingerprint density at radius 2 is 1.94 bits per heavy atom. The zero-order valence-electron chi connectivity index (χ0n) is 12.7. The molecule has 3 heteroatoms. The molecule has 1 N–H and O–H groups in total. The molecule has 2 atom stereocenters. The number of rotatable bonds is 8. The normalized spacial score (nSPS) is 22.0. The van der Waals surface area contributed by atoms with Crippen LogP contribution in [0.4, 0.5) is 0 Å². The van der Waals surface area contributed by atoms with Crippen molar-refractivity contribution >= 4 is 11.8 Å². The summed E-state index contributed by atoms with van der Waals surface area (Å²) in [4.78, 5) is 2.62. The average molecular weight is 273 g/mol. The lowest BCUT2D eigenvalue weighted by atomic mass is 9.90. The lowest BCUT2D eigenvalue weighted by Crippen LogP contribution is -2.42. The fraction of sp³-hybridized carbons (Fsp3) is 1.00. The van der Waals surface area contributed by atoms with Crippen LogP contribution in [0.15, 0.2) is 0 Å². The van der Waals surface area contributed by atoms with Gasteiger partial charge in [-0.1, -0.05) is 13.8 Å². The summed E-state index contributed by atoms with van der Waals surface area (Å²) in [5.41, 5.74) is 0. The van der Waals surface area contributed by atoms with Crippen molar-refractivity contribution in [1.29, 1.82) is 0 Å². The molecule has 0 amide bonds. The van der Waals surface area contributed by atoms with Gasteiger partial charge in [-0.15, -0.1) is 0 Å². The SMILES string of the molecule is CCCN1CCC(C(C)NCCC(C)SC)CC1. The number of nitrogens with one attached hydrogen (secondary N) is 1. The van der Waals surface area contributed by atoms with Crippen molar-refractivity contribution in [2.24, 2.45) is 5.92 Å². The summed E-state index contributed by atoms with van der Waals surface area (Å²) >= 11 is 1.97. The van der Waals surface area contributed by atoms with Gasteiger partial charge in [-0.3, -0.25) is 0 Å². The van der Waals surface area contributed by atoms with Gasteiger partial charge in [0.2, 0.25) is 0 Å². The molecule has 0 spiro atoms. The fourth-order valence-corrected chi connectivity index (χ4v) is 3.15. The minimum absolute atomic E-state index is 0.697. The van der Waals surface area contributed by atoms with Crippen LogP contribution in [-0.4, -0.2) is 48.6 Å². The van der Waals surface area contributed by atoms with E-state index < -0.39 is 0 Å². The molecule has 18 heavy (non-hydrogen) atoms. The molecule has 2 unspecified atom stereocenters. The molecular formula is C15H32N2S. The molecule has 1 heterocycles. The van der Waals surface area contributed by atoms with Gasteiger partial charge in [0.15, 0.2) is 0 Å². The van der Waals surface area contributed by atoms with E-state index in [1.54, 1.807) is 0 Å². The monoisotopic (exact) mass is 272 g/mol. The van der Waals surface area contributed by atoms with Gasteiger partial charge < -0.3 is 10.2 Å². The van der Waals surface area contributed by atoms with E-state index in [0.29, 0.717) is 6.04 Å². The van der Waals surface area contributed by atoms with Gasteiger partial charge >= 0.3 is 0 Å². The van der Waals surface area contributed by atoms with Gasteiger partial charge in [0, 0.05) is 11.3 Å². The molecule has 1 aliphatic heterocycles. The molecule has 0 aliphatic carbocycles. The lowest BCUT2D eigenvalue weighted by molar-refractivity contribution is 0.163. The average Bonchev–Trinajstić information content (AvgIpc) is 2.39. The highest BCUT2D eigenvalue weighted by Gasteiger charge is 2.22.